The van der Waals surface area contributed by atoms with Gasteiger partial charge in [0, 0.05) is 13.1 Å². The summed E-state index contributed by atoms with van der Waals surface area (Å²) >= 11 is 0. The third-order valence-electron chi connectivity index (χ3n) is 6.33. The second kappa shape index (κ2) is 11.7. The first-order valence-electron chi connectivity index (χ1n) is 12.1. The number of nitrogens with zero attached hydrogens (tertiary/aromatic N) is 2. The van der Waals surface area contributed by atoms with Crippen LogP contribution in [0.4, 0.5) is 0 Å². The minimum absolute atomic E-state index is 0.0256. The number of piperidine rings is 1. The Morgan fingerprint density at radius 1 is 0.971 bits per heavy atom. The van der Waals surface area contributed by atoms with Crippen LogP contribution in [-0.2, 0) is 34.5 Å². The number of furan rings is 1. The molecule has 35 heavy (non-hydrogen) atoms. The van der Waals surface area contributed by atoms with Gasteiger partial charge in [-0.25, -0.2) is 8.42 Å². The zero-order valence-electron chi connectivity index (χ0n) is 20.2. The summed E-state index contributed by atoms with van der Waals surface area (Å²) in [5.74, 6) is 0.111. The fourth-order valence-corrected chi connectivity index (χ4v) is 5.68. The molecule has 0 saturated carbocycles. The van der Waals surface area contributed by atoms with Crippen LogP contribution in [0.2, 0.25) is 0 Å². The van der Waals surface area contributed by atoms with E-state index in [1.165, 1.54) is 31.1 Å². The number of hydrogen-bond donors (Lipinski definition) is 1. The molecule has 3 aromatic rings. The van der Waals surface area contributed by atoms with Crippen LogP contribution < -0.4 is 5.32 Å². The van der Waals surface area contributed by atoms with E-state index in [9.17, 15) is 13.2 Å². The molecule has 1 aromatic heterocycles. The molecular formula is C27H33N3O4S. The Labute approximate surface area is 207 Å². The van der Waals surface area contributed by atoms with Gasteiger partial charge in [0.25, 0.3) is 0 Å². The van der Waals surface area contributed by atoms with Crippen molar-refractivity contribution in [1.82, 2.24) is 14.5 Å². The highest BCUT2D eigenvalue weighted by Gasteiger charge is 2.27. The smallest absolute Gasteiger partial charge is 0.243 e. The van der Waals surface area contributed by atoms with E-state index >= 15 is 0 Å². The molecule has 1 N–H and O–H groups in total. The molecule has 1 amide bonds. The number of carbonyl (C=O) groups excluding carboxylic acids is 1. The molecule has 186 valence electrons. The quantitative estimate of drug-likeness (QED) is 0.458. The monoisotopic (exact) mass is 495 g/mol. The van der Waals surface area contributed by atoms with Gasteiger partial charge in [-0.2, -0.15) is 4.31 Å². The van der Waals surface area contributed by atoms with Gasteiger partial charge in [-0.1, -0.05) is 48.4 Å². The van der Waals surface area contributed by atoms with Gasteiger partial charge in [0.05, 0.1) is 24.2 Å². The van der Waals surface area contributed by atoms with Gasteiger partial charge >= 0.3 is 0 Å². The summed E-state index contributed by atoms with van der Waals surface area (Å²) in [4.78, 5) is 15.5. The van der Waals surface area contributed by atoms with Crippen LogP contribution in [0.5, 0.6) is 0 Å². The number of carbonyl (C=O) groups is 1. The molecule has 0 unspecified atom stereocenters. The van der Waals surface area contributed by atoms with Crippen molar-refractivity contribution in [3.8, 4) is 0 Å². The lowest BCUT2D eigenvalue weighted by Crippen LogP contribution is -2.40. The molecule has 2 heterocycles. The molecule has 8 heteroatoms. The molecule has 0 bridgehead atoms. The SMILES string of the molecule is Cc1ccc(S(=O)(=O)N(CC(=O)NCc2ccccc2CN2CCCCC2)Cc2ccco2)cc1. The molecule has 1 aliphatic rings. The zero-order valence-corrected chi connectivity index (χ0v) is 21.0. The fraction of sp³-hybridized carbons (Fsp3) is 0.370. The predicted octanol–water partition coefficient (Wildman–Crippen LogP) is 4.08. The summed E-state index contributed by atoms with van der Waals surface area (Å²) in [5.41, 5.74) is 3.20. The first kappa shape index (κ1) is 25.2. The summed E-state index contributed by atoms with van der Waals surface area (Å²) in [6.45, 7) is 4.97. The van der Waals surface area contributed by atoms with Crippen molar-refractivity contribution in [2.45, 2.75) is 50.7 Å². The van der Waals surface area contributed by atoms with Crippen LogP contribution in [0.15, 0.2) is 76.2 Å². The Kier molecular flexibility index (Phi) is 8.38. The van der Waals surface area contributed by atoms with Gasteiger partial charge in [-0.15, -0.1) is 0 Å². The summed E-state index contributed by atoms with van der Waals surface area (Å²) in [5, 5.41) is 2.93. The van der Waals surface area contributed by atoms with Crippen molar-refractivity contribution < 1.29 is 17.6 Å². The Balaban J connectivity index is 1.44. The summed E-state index contributed by atoms with van der Waals surface area (Å²) < 4.78 is 33.2. The second-order valence-corrected chi connectivity index (χ2v) is 11.0. The fourth-order valence-electron chi connectivity index (χ4n) is 4.31. The molecule has 1 saturated heterocycles. The molecule has 4 rings (SSSR count). The molecule has 1 fully saturated rings. The van der Waals surface area contributed by atoms with E-state index in [1.54, 1.807) is 36.4 Å². The molecule has 2 aromatic carbocycles. The number of benzene rings is 2. The van der Waals surface area contributed by atoms with Crippen LogP contribution in [0.3, 0.4) is 0 Å². The molecule has 0 spiro atoms. The van der Waals surface area contributed by atoms with E-state index in [-0.39, 0.29) is 23.9 Å². The highest BCUT2D eigenvalue weighted by molar-refractivity contribution is 7.89. The van der Waals surface area contributed by atoms with Crippen LogP contribution in [0, 0.1) is 6.92 Å². The van der Waals surface area contributed by atoms with E-state index < -0.39 is 10.0 Å². The van der Waals surface area contributed by atoms with Crippen molar-refractivity contribution in [3.63, 3.8) is 0 Å². The first-order valence-corrected chi connectivity index (χ1v) is 13.5. The maximum atomic E-state index is 13.4. The number of nitrogens with one attached hydrogen (secondary N) is 1. The number of rotatable bonds is 10. The maximum absolute atomic E-state index is 13.4. The lowest BCUT2D eigenvalue weighted by Gasteiger charge is -2.27. The third-order valence-corrected chi connectivity index (χ3v) is 8.13. The van der Waals surface area contributed by atoms with Crippen molar-refractivity contribution in [3.05, 3.63) is 89.4 Å². The van der Waals surface area contributed by atoms with Crippen molar-refractivity contribution in [2.24, 2.45) is 0 Å². The third kappa shape index (κ3) is 6.81. The highest BCUT2D eigenvalue weighted by Crippen LogP contribution is 2.20. The standard InChI is InChI=1S/C27H33N3O4S/c1-22-11-13-26(14-12-22)35(32,33)30(20-25-10-7-17-34-25)21-27(31)28-18-23-8-3-4-9-24(23)19-29-15-5-2-6-16-29/h3-4,7-14,17H,2,5-6,15-16,18-21H2,1H3,(H,28,31). The van der Waals surface area contributed by atoms with Crippen LogP contribution in [0.1, 0.15) is 41.7 Å². The number of hydrogen-bond acceptors (Lipinski definition) is 5. The summed E-state index contributed by atoms with van der Waals surface area (Å²) in [6, 6.07) is 18.1. The second-order valence-electron chi connectivity index (χ2n) is 9.05. The molecule has 0 aliphatic carbocycles. The number of likely N-dealkylation sites (tertiary alicyclic amines) is 1. The summed E-state index contributed by atoms with van der Waals surface area (Å²) in [6.07, 6.45) is 5.22. The van der Waals surface area contributed by atoms with Crippen LogP contribution >= 0.6 is 0 Å². The van der Waals surface area contributed by atoms with E-state index in [1.807, 2.05) is 25.1 Å². The van der Waals surface area contributed by atoms with Crippen molar-refractivity contribution in [2.75, 3.05) is 19.6 Å². The lowest BCUT2D eigenvalue weighted by atomic mass is 10.0. The Hall–Kier alpha value is -2.94. The van der Waals surface area contributed by atoms with E-state index in [0.29, 0.717) is 12.3 Å². The van der Waals surface area contributed by atoms with Gasteiger partial charge in [0.2, 0.25) is 15.9 Å². The average molecular weight is 496 g/mol. The number of sulfonamides is 1. The minimum atomic E-state index is -3.89. The number of aryl methyl sites for hydroxylation is 1. The lowest BCUT2D eigenvalue weighted by molar-refractivity contribution is -0.121. The van der Waals surface area contributed by atoms with E-state index in [0.717, 1.165) is 35.1 Å². The highest BCUT2D eigenvalue weighted by atomic mass is 32.2. The van der Waals surface area contributed by atoms with Gasteiger partial charge in [-0.05, 0) is 68.2 Å². The zero-order chi connectivity index (χ0) is 24.7. The van der Waals surface area contributed by atoms with Crippen LogP contribution in [-0.4, -0.2) is 43.2 Å². The largest absolute Gasteiger partial charge is 0.468 e. The topological polar surface area (TPSA) is 82.9 Å². The average Bonchev–Trinajstić information content (AvgIpc) is 3.37. The van der Waals surface area contributed by atoms with Gasteiger partial charge < -0.3 is 9.73 Å². The summed E-state index contributed by atoms with van der Waals surface area (Å²) in [7, 11) is -3.89. The van der Waals surface area contributed by atoms with Crippen molar-refractivity contribution in [1.29, 1.82) is 0 Å². The van der Waals surface area contributed by atoms with E-state index in [4.69, 9.17) is 4.42 Å². The normalized spacial score (nSPS) is 14.8. The van der Waals surface area contributed by atoms with Gasteiger partial charge in [-0.3, -0.25) is 9.69 Å². The Morgan fingerprint density at radius 3 is 2.37 bits per heavy atom. The van der Waals surface area contributed by atoms with Gasteiger partial charge in [0.15, 0.2) is 0 Å². The van der Waals surface area contributed by atoms with Crippen LogP contribution in [0.25, 0.3) is 0 Å². The molecule has 0 radical (unpaired) electrons. The van der Waals surface area contributed by atoms with Gasteiger partial charge in [0.1, 0.15) is 5.76 Å². The molecule has 7 nitrogen and oxygen atoms in total. The van der Waals surface area contributed by atoms with Crippen molar-refractivity contribution >= 4 is 15.9 Å². The minimum Gasteiger partial charge on any atom is -0.468 e. The maximum Gasteiger partial charge on any atom is 0.243 e. The molecule has 0 atom stereocenters. The number of amides is 1. The Bertz CT molecular complexity index is 1200. The first-order chi connectivity index (χ1) is 16.9. The molecular weight excluding hydrogens is 462 g/mol. The van der Waals surface area contributed by atoms with E-state index in [2.05, 4.69) is 16.3 Å². The predicted molar refractivity (Wildman–Crippen MR) is 135 cm³/mol. The Morgan fingerprint density at radius 2 is 1.69 bits per heavy atom. The molecule has 1 aliphatic heterocycles.